The van der Waals surface area contributed by atoms with Crippen LogP contribution in [-0.2, 0) is 13.1 Å². The van der Waals surface area contributed by atoms with E-state index in [-0.39, 0.29) is 24.0 Å². The van der Waals surface area contributed by atoms with Crippen molar-refractivity contribution in [1.29, 1.82) is 0 Å². The lowest BCUT2D eigenvalue weighted by Crippen LogP contribution is -2.36. The fraction of sp³-hybridized carbons (Fsp3) is 0.350. The largest absolute Gasteiger partial charge is 0.370 e. The molecule has 3 rings (SSSR count). The number of hydrogen-bond acceptors (Lipinski definition) is 3. The van der Waals surface area contributed by atoms with Crippen molar-refractivity contribution in [3.05, 3.63) is 64.7 Å². The molecule has 0 radical (unpaired) electrons. The molecule has 2 aromatic carbocycles. The molecule has 1 fully saturated rings. The Balaban J connectivity index is 0.00000261. The highest BCUT2D eigenvalue weighted by Crippen LogP contribution is 2.19. The van der Waals surface area contributed by atoms with Gasteiger partial charge in [0.2, 0.25) is 0 Å². The van der Waals surface area contributed by atoms with Gasteiger partial charge >= 0.3 is 0 Å². The van der Waals surface area contributed by atoms with E-state index in [1.807, 2.05) is 36.0 Å². The normalized spacial score (nSPS) is 14.4. The Morgan fingerprint density at radius 1 is 1.04 bits per heavy atom. The number of hydrogen-bond donors (Lipinski definition) is 2. The van der Waals surface area contributed by atoms with Crippen LogP contribution < -0.4 is 15.5 Å². The number of nitrogens with zero attached hydrogens (tertiary/aromatic N) is 2. The van der Waals surface area contributed by atoms with Gasteiger partial charge in [-0.3, -0.25) is 4.99 Å². The Kier molecular flexibility index (Phi) is 9.58. The van der Waals surface area contributed by atoms with Gasteiger partial charge in [0, 0.05) is 55.4 Å². The Morgan fingerprint density at radius 3 is 2.33 bits per heavy atom. The van der Waals surface area contributed by atoms with Crippen LogP contribution in [0.2, 0.25) is 5.02 Å². The van der Waals surface area contributed by atoms with Crippen LogP contribution in [0.25, 0.3) is 0 Å². The molecular formula is C20H26ClIN4S. The molecule has 1 aliphatic rings. The predicted octanol–water partition coefficient (Wildman–Crippen LogP) is 4.38. The predicted molar refractivity (Wildman–Crippen MR) is 130 cm³/mol. The molecule has 1 saturated heterocycles. The molecule has 0 aliphatic carbocycles. The standard InChI is InChI=1S/C20H25ClN4S.HI/c1-22-20(24-15-17-3-2-4-18(21)13-17)23-14-16-5-7-19(8-6-16)25-9-11-26-12-10-25;/h2-8,13H,9-12,14-15H2,1H3,(H2,22,23,24);1H. The van der Waals surface area contributed by atoms with Crippen LogP contribution in [0.15, 0.2) is 53.5 Å². The highest BCUT2D eigenvalue weighted by molar-refractivity contribution is 14.0. The summed E-state index contributed by atoms with van der Waals surface area (Å²) in [5.74, 6) is 3.22. The number of nitrogens with one attached hydrogen (secondary N) is 2. The monoisotopic (exact) mass is 516 g/mol. The first kappa shape index (κ1) is 22.2. The lowest BCUT2D eigenvalue weighted by Gasteiger charge is -2.28. The van der Waals surface area contributed by atoms with Crippen molar-refractivity contribution < 1.29 is 0 Å². The van der Waals surface area contributed by atoms with Crippen LogP contribution >= 0.6 is 47.3 Å². The Bertz CT molecular complexity index is 733. The van der Waals surface area contributed by atoms with Gasteiger partial charge in [-0.2, -0.15) is 11.8 Å². The summed E-state index contributed by atoms with van der Waals surface area (Å²) in [7, 11) is 1.78. The lowest BCUT2D eigenvalue weighted by molar-refractivity contribution is 0.808. The third-order valence-corrected chi connectivity index (χ3v) is 5.52. The first-order valence-electron chi connectivity index (χ1n) is 8.85. The average molecular weight is 517 g/mol. The minimum Gasteiger partial charge on any atom is -0.370 e. The summed E-state index contributed by atoms with van der Waals surface area (Å²) >= 11 is 8.06. The quantitative estimate of drug-likeness (QED) is 0.352. The third-order valence-electron chi connectivity index (χ3n) is 4.35. The van der Waals surface area contributed by atoms with E-state index in [0.29, 0.717) is 6.54 Å². The number of guanidine groups is 1. The Hall–Kier alpha value is -1.12. The maximum Gasteiger partial charge on any atom is 0.191 e. The first-order chi connectivity index (χ1) is 12.7. The summed E-state index contributed by atoms with van der Waals surface area (Å²) < 4.78 is 0. The molecule has 7 heteroatoms. The highest BCUT2D eigenvalue weighted by atomic mass is 127. The molecule has 0 amide bonds. The van der Waals surface area contributed by atoms with E-state index in [2.05, 4.69) is 44.8 Å². The summed E-state index contributed by atoms with van der Waals surface area (Å²) in [5.41, 5.74) is 3.69. The number of benzene rings is 2. The summed E-state index contributed by atoms with van der Waals surface area (Å²) in [6, 6.07) is 16.7. The molecule has 27 heavy (non-hydrogen) atoms. The van der Waals surface area contributed by atoms with Gasteiger partial charge in [-0.1, -0.05) is 35.9 Å². The summed E-state index contributed by atoms with van der Waals surface area (Å²) in [6.45, 7) is 3.71. The Morgan fingerprint density at radius 2 is 1.70 bits per heavy atom. The van der Waals surface area contributed by atoms with Crippen molar-refractivity contribution >= 4 is 59.0 Å². The van der Waals surface area contributed by atoms with Crippen molar-refractivity contribution in [3.8, 4) is 0 Å². The molecule has 0 aromatic heterocycles. The first-order valence-corrected chi connectivity index (χ1v) is 10.4. The summed E-state index contributed by atoms with van der Waals surface area (Å²) in [4.78, 5) is 6.74. The molecule has 146 valence electrons. The van der Waals surface area contributed by atoms with E-state index in [0.717, 1.165) is 36.2 Å². The second kappa shape index (κ2) is 11.7. The lowest BCUT2D eigenvalue weighted by atomic mass is 10.2. The number of aliphatic imine (C=N–C) groups is 1. The van der Waals surface area contributed by atoms with E-state index < -0.39 is 0 Å². The molecular weight excluding hydrogens is 491 g/mol. The highest BCUT2D eigenvalue weighted by Gasteiger charge is 2.10. The zero-order valence-electron chi connectivity index (χ0n) is 15.5. The fourth-order valence-corrected chi connectivity index (χ4v) is 4.00. The Labute approximate surface area is 188 Å². The zero-order chi connectivity index (χ0) is 18.2. The second-order valence-electron chi connectivity index (χ2n) is 6.18. The van der Waals surface area contributed by atoms with Gasteiger partial charge in [0.05, 0.1) is 0 Å². The van der Waals surface area contributed by atoms with Crippen molar-refractivity contribution in [1.82, 2.24) is 10.6 Å². The van der Waals surface area contributed by atoms with Gasteiger partial charge in [-0.05, 0) is 35.4 Å². The van der Waals surface area contributed by atoms with E-state index in [9.17, 15) is 0 Å². The molecule has 2 aromatic rings. The van der Waals surface area contributed by atoms with E-state index >= 15 is 0 Å². The molecule has 2 N–H and O–H groups in total. The molecule has 0 bridgehead atoms. The third kappa shape index (κ3) is 7.08. The molecule has 0 spiro atoms. The molecule has 0 saturated carbocycles. The number of rotatable bonds is 5. The number of thioether (sulfide) groups is 1. The smallest absolute Gasteiger partial charge is 0.191 e. The zero-order valence-corrected chi connectivity index (χ0v) is 19.4. The van der Waals surface area contributed by atoms with Crippen molar-refractivity contribution in [2.24, 2.45) is 4.99 Å². The van der Waals surface area contributed by atoms with Crippen molar-refractivity contribution in [2.45, 2.75) is 13.1 Å². The van der Waals surface area contributed by atoms with Crippen LogP contribution in [0.5, 0.6) is 0 Å². The van der Waals surface area contributed by atoms with Gasteiger partial charge in [-0.25, -0.2) is 0 Å². The molecule has 4 nitrogen and oxygen atoms in total. The van der Waals surface area contributed by atoms with Crippen LogP contribution in [0.3, 0.4) is 0 Å². The van der Waals surface area contributed by atoms with Crippen LogP contribution in [0.1, 0.15) is 11.1 Å². The fourth-order valence-electron chi connectivity index (χ4n) is 2.89. The van der Waals surface area contributed by atoms with Crippen molar-refractivity contribution in [2.75, 3.05) is 36.5 Å². The van der Waals surface area contributed by atoms with Gasteiger partial charge in [0.15, 0.2) is 5.96 Å². The van der Waals surface area contributed by atoms with Gasteiger partial charge in [-0.15, -0.1) is 24.0 Å². The maximum atomic E-state index is 6.03. The minimum atomic E-state index is 0. The topological polar surface area (TPSA) is 39.7 Å². The van der Waals surface area contributed by atoms with Gasteiger partial charge in [0.25, 0.3) is 0 Å². The van der Waals surface area contributed by atoms with E-state index in [4.69, 9.17) is 11.6 Å². The van der Waals surface area contributed by atoms with Crippen LogP contribution in [0.4, 0.5) is 5.69 Å². The van der Waals surface area contributed by atoms with Gasteiger partial charge < -0.3 is 15.5 Å². The number of halogens is 2. The van der Waals surface area contributed by atoms with Gasteiger partial charge in [0.1, 0.15) is 0 Å². The molecule has 0 unspecified atom stereocenters. The summed E-state index contributed by atoms with van der Waals surface area (Å²) in [6.07, 6.45) is 0. The average Bonchev–Trinajstić information content (AvgIpc) is 2.69. The van der Waals surface area contributed by atoms with Crippen LogP contribution in [-0.4, -0.2) is 37.6 Å². The van der Waals surface area contributed by atoms with Crippen LogP contribution in [0, 0.1) is 0 Å². The van der Waals surface area contributed by atoms with Crippen molar-refractivity contribution in [3.63, 3.8) is 0 Å². The molecule has 1 heterocycles. The second-order valence-corrected chi connectivity index (χ2v) is 7.84. The maximum absolute atomic E-state index is 6.03. The van der Waals surface area contributed by atoms with E-state index in [1.165, 1.54) is 22.8 Å². The minimum absolute atomic E-state index is 0. The summed E-state index contributed by atoms with van der Waals surface area (Å²) in [5, 5.41) is 7.42. The van der Waals surface area contributed by atoms with E-state index in [1.54, 1.807) is 7.05 Å². The number of anilines is 1. The molecule has 0 atom stereocenters. The SMILES string of the molecule is CN=C(NCc1ccc(N2CCSCC2)cc1)NCc1cccc(Cl)c1.I. The molecule has 1 aliphatic heterocycles.